The summed E-state index contributed by atoms with van der Waals surface area (Å²) in [6.07, 6.45) is 0. The number of methoxy groups -OCH3 is 2. The third-order valence-corrected chi connectivity index (χ3v) is 7.74. The van der Waals surface area contributed by atoms with Crippen LogP contribution in [0.3, 0.4) is 0 Å². The zero-order chi connectivity index (χ0) is 32.2. The molecule has 0 saturated carbocycles. The second kappa shape index (κ2) is 12.9. The summed E-state index contributed by atoms with van der Waals surface area (Å²) in [6, 6.07) is 32.7. The van der Waals surface area contributed by atoms with Crippen LogP contribution in [0.2, 0.25) is 0 Å². The van der Waals surface area contributed by atoms with Gasteiger partial charge in [0, 0.05) is 21.9 Å². The maximum Gasteiger partial charge on any atom is 0.341 e. The van der Waals surface area contributed by atoms with Crippen molar-refractivity contribution in [3.63, 3.8) is 0 Å². The number of carbonyl (C=O) groups excluding carboxylic acids is 2. The van der Waals surface area contributed by atoms with Crippen LogP contribution in [-0.4, -0.2) is 36.4 Å². The lowest BCUT2D eigenvalue weighted by Crippen LogP contribution is -2.06. The van der Waals surface area contributed by atoms with Gasteiger partial charge in [0.1, 0.15) is 47.3 Å². The van der Waals surface area contributed by atoms with Gasteiger partial charge in [-0.15, -0.1) is 0 Å². The molecule has 0 atom stereocenters. The third-order valence-electron chi connectivity index (χ3n) is 7.74. The predicted octanol–water partition coefficient (Wildman–Crippen LogP) is 7.80. The minimum Gasteiger partial charge on any atom is -0.506 e. The average molecular weight is 615 g/mol. The van der Waals surface area contributed by atoms with Crippen LogP contribution in [-0.2, 0) is 22.7 Å². The molecule has 0 bridgehead atoms. The second-order valence-electron chi connectivity index (χ2n) is 10.5. The van der Waals surface area contributed by atoms with Crippen molar-refractivity contribution in [1.29, 1.82) is 0 Å². The largest absolute Gasteiger partial charge is 0.506 e. The van der Waals surface area contributed by atoms with E-state index in [1.165, 1.54) is 26.4 Å². The van der Waals surface area contributed by atoms with Crippen LogP contribution in [0.15, 0.2) is 109 Å². The first-order chi connectivity index (χ1) is 22.4. The van der Waals surface area contributed by atoms with Gasteiger partial charge in [0.25, 0.3) is 0 Å². The highest BCUT2D eigenvalue weighted by molar-refractivity contribution is 6.18. The number of esters is 2. The van der Waals surface area contributed by atoms with Gasteiger partial charge in [0.2, 0.25) is 0 Å². The molecular formula is C38H30O8. The van der Waals surface area contributed by atoms with E-state index in [2.05, 4.69) is 0 Å². The van der Waals surface area contributed by atoms with Crippen LogP contribution in [0.25, 0.3) is 32.7 Å². The molecule has 6 rings (SSSR count). The fraction of sp³-hybridized carbons (Fsp3) is 0.105. The summed E-state index contributed by atoms with van der Waals surface area (Å²) in [5.74, 6) is -1.75. The molecule has 46 heavy (non-hydrogen) atoms. The fourth-order valence-electron chi connectivity index (χ4n) is 5.55. The quantitative estimate of drug-likeness (QED) is 0.159. The van der Waals surface area contributed by atoms with Crippen molar-refractivity contribution in [2.24, 2.45) is 0 Å². The highest BCUT2D eigenvalue weighted by atomic mass is 16.5. The van der Waals surface area contributed by atoms with Gasteiger partial charge in [-0.2, -0.15) is 0 Å². The van der Waals surface area contributed by atoms with Gasteiger partial charge in [0.05, 0.1) is 14.2 Å². The number of rotatable bonds is 9. The zero-order valence-electron chi connectivity index (χ0n) is 25.2. The van der Waals surface area contributed by atoms with Crippen molar-refractivity contribution in [3.8, 4) is 34.1 Å². The Morgan fingerprint density at radius 2 is 0.935 bits per heavy atom. The molecule has 6 aromatic rings. The summed E-state index contributed by atoms with van der Waals surface area (Å²) in [7, 11) is 2.43. The molecule has 0 amide bonds. The molecule has 0 saturated heterocycles. The van der Waals surface area contributed by atoms with Crippen molar-refractivity contribution in [3.05, 3.63) is 131 Å². The smallest absolute Gasteiger partial charge is 0.341 e. The number of carbonyl (C=O) groups is 2. The molecule has 230 valence electrons. The van der Waals surface area contributed by atoms with E-state index in [0.717, 1.165) is 11.1 Å². The number of aromatic hydroxyl groups is 2. The first-order valence-corrected chi connectivity index (χ1v) is 14.5. The number of phenolic OH excluding ortho intramolecular Hbond substituents is 2. The lowest BCUT2D eigenvalue weighted by molar-refractivity contribution is 0.0588. The molecule has 0 aliphatic rings. The molecule has 8 nitrogen and oxygen atoms in total. The van der Waals surface area contributed by atoms with Crippen molar-refractivity contribution >= 4 is 33.5 Å². The van der Waals surface area contributed by atoms with Gasteiger partial charge >= 0.3 is 11.9 Å². The molecule has 2 N–H and O–H groups in total. The van der Waals surface area contributed by atoms with Crippen molar-refractivity contribution in [1.82, 2.24) is 0 Å². The van der Waals surface area contributed by atoms with E-state index in [1.54, 1.807) is 36.4 Å². The first kappa shape index (κ1) is 30.0. The fourth-order valence-corrected chi connectivity index (χ4v) is 5.55. The number of fused-ring (bicyclic) bond motifs is 2. The molecule has 0 unspecified atom stereocenters. The number of phenols is 2. The van der Waals surface area contributed by atoms with Crippen LogP contribution in [0.4, 0.5) is 0 Å². The molecule has 0 spiro atoms. The van der Waals surface area contributed by atoms with E-state index < -0.39 is 23.4 Å². The molecule has 8 heteroatoms. The Labute approximate surface area is 265 Å². The van der Waals surface area contributed by atoms with Gasteiger partial charge in [0.15, 0.2) is 0 Å². The Morgan fingerprint density at radius 1 is 0.543 bits per heavy atom. The van der Waals surface area contributed by atoms with Gasteiger partial charge in [-0.25, -0.2) is 9.59 Å². The van der Waals surface area contributed by atoms with Gasteiger partial charge in [-0.1, -0.05) is 84.9 Å². The molecule has 0 heterocycles. The minimum atomic E-state index is -0.787. The highest BCUT2D eigenvalue weighted by Gasteiger charge is 2.29. The van der Waals surface area contributed by atoms with E-state index in [9.17, 15) is 19.8 Å². The Balaban J connectivity index is 1.68. The number of hydrogen-bond donors (Lipinski definition) is 2. The van der Waals surface area contributed by atoms with Gasteiger partial charge in [-0.05, 0) is 46.2 Å². The second-order valence-corrected chi connectivity index (χ2v) is 10.5. The van der Waals surface area contributed by atoms with E-state index in [0.29, 0.717) is 33.0 Å². The minimum absolute atomic E-state index is 0.0607. The lowest BCUT2D eigenvalue weighted by Gasteiger charge is -2.21. The van der Waals surface area contributed by atoms with Crippen LogP contribution in [0.5, 0.6) is 23.0 Å². The summed E-state index contributed by atoms with van der Waals surface area (Å²) in [5, 5.41) is 25.6. The highest BCUT2D eigenvalue weighted by Crippen LogP contribution is 2.52. The van der Waals surface area contributed by atoms with Crippen molar-refractivity contribution in [2.75, 3.05) is 14.2 Å². The third kappa shape index (κ3) is 5.64. The number of ether oxygens (including phenoxy) is 4. The molecule has 6 aromatic carbocycles. The van der Waals surface area contributed by atoms with Crippen molar-refractivity contribution < 1.29 is 38.7 Å². The Bertz CT molecular complexity index is 1920. The summed E-state index contributed by atoms with van der Waals surface area (Å²) in [6.45, 7) is 0.415. The normalized spacial score (nSPS) is 10.9. The summed E-state index contributed by atoms with van der Waals surface area (Å²) >= 11 is 0. The first-order valence-electron chi connectivity index (χ1n) is 14.5. The van der Waals surface area contributed by atoms with Gasteiger partial charge in [-0.3, -0.25) is 0 Å². The molecule has 0 aliphatic heterocycles. The maximum atomic E-state index is 13.0. The number of benzene rings is 6. The topological polar surface area (TPSA) is 112 Å². The Hall–Kier alpha value is -6.02. The van der Waals surface area contributed by atoms with Crippen molar-refractivity contribution in [2.45, 2.75) is 13.2 Å². The molecule has 0 radical (unpaired) electrons. The average Bonchev–Trinajstić information content (AvgIpc) is 3.10. The van der Waals surface area contributed by atoms with E-state index in [1.807, 2.05) is 60.7 Å². The summed E-state index contributed by atoms with van der Waals surface area (Å²) < 4.78 is 22.6. The SMILES string of the molecule is COC(=O)c1cc2cccc(OCc3ccccc3)c2c(-c2c(O)c(C(=O)OC)cc3cccc(OCc4ccccc4)c23)c1O. The van der Waals surface area contributed by atoms with Crippen LogP contribution in [0, 0.1) is 0 Å². The zero-order valence-corrected chi connectivity index (χ0v) is 25.2. The summed E-state index contributed by atoms with van der Waals surface area (Å²) in [5.41, 5.74) is 1.67. The van der Waals surface area contributed by atoms with Gasteiger partial charge < -0.3 is 29.2 Å². The van der Waals surface area contributed by atoms with Crippen LogP contribution < -0.4 is 9.47 Å². The Morgan fingerprint density at radius 3 is 1.30 bits per heavy atom. The standard InChI is InChI=1S/C38H30O8/c1-43-37(41)27-19-25-15-9-17-29(45-21-23-11-5-3-6-12-23)31(25)33(35(27)39)34-32-26(20-28(36(34)40)38(42)44-2)16-10-18-30(32)46-22-24-13-7-4-8-14-24/h3-20,39-40H,21-22H2,1-2H3. The molecule has 0 aromatic heterocycles. The predicted molar refractivity (Wildman–Crippen MR) is 174 cm³/mol. The number of hydrogen-bond acceptors (Lipinski definition) is 8. The van der Waals surface area contributed by atoms with E-state index in [4.69, 9.17) is 18.9 Å². The summed E-state index contributed by atoms with van der Waals surface area (Å²) in [4.78, 5) is 26.0. The molecular weight excluding hydrogens is 584 g/mol. The lowest BCUT2D eigenvalue weighted by atomic mass is 9.88. The molecule has 0 fully saturated rings. The maximum absolute atomic E-state index is 13.0. The molecule has 0 aliphatic carbocycles. The Kier molecular flexibility index (Phi) is 8.43. The van der Waals surface area contributed by atoms with E-state index in [-0.39, 0.29) is 35.5 Å². The monoisotopic (exact) mass is 614 g/mol. The van der Waals surface area contributed by atoms with E-state index >= 15 is 0 Å². The van der Waals surface area contributed by atoms with Crippen LogP contribution >= 0.6 is 0 Å². The van der Waals surface area contributed by atoms with Crippen LogP contribution in [0.1, 0.15) is 31.8 Å².